The highest BCUT2D eigenvalue weighted by Gasteiger charge is 2.58. The average molecular weight is 286 g/mol. The molecule has 1 N–H and O–H groups in total. The van der Waals surface area contributed by atoms with E-state index in [1.807, 2.05) is 0 Å². The summed E-state index contributed by atoms with van der Waals surface area (Å²) in [6.45, 7) is 4.83. The molecule has 1 rings (SSSR count). The van der Waals surface area contributed by atoms with E-state index in [1.54, 1.807) is 20.8 Å². The van der Waals surface area contributed by atoms with E-state index in [9.17, 15) is 19.5 Å². The van der Waals surface area contributed by atoms with Crippen molar-refractivity contribution in [3.8, 4) is 0 Å². The molecule has 2 atom stereocenters. The summed E-state index contributed by atoms with van der Waals surface area (Å²) in [7, 11) is 2.52. The monoisotopic (exact) mass is 286 g/mol. The maximum Gasteiger partial charge on any atom is 0.311 e. The average Bonchev–Trinajstić information content (AvgIpc) is 2.35. The fourth-order valence-corrected chi connectivity index (χ4v) is 3.70. The molecule has 0 spiro atoms. The van der Waals surface area contributed by atoms with Crippen molar-refractivity contribution in [2.45, 2.75) is 40.0 Å². The molecule has 0 saturated heterocycles. The molecule has 6 nitrogen and oxygen atoms in total. The van der Waals surface area contributed by atoms with Crippen LogP contribution in [0.25, 0.3) is 0 Å². The Morgan fingerprint density at radius 1 is 0.800 bits per heavy atom. The Morgan fingerprint density at radius 2 is 1.10 bits per heavy atom. The minimum atomic E-state index is -1.18. The standard InChI is InChI=1S/C14H22O6/c1-12(9(15)16)6-13(2,10(17)19-4)8-14(3,7-12)11(18)20-5/h6-8H2,1-5H3,(H,15,16). The zero-order valence-corrected chi connectivity index (χ0v) is 12.6. The molecule has 6 heteroatoms. The number of aliphatic carboxylic acids is 1. The third-order valence-electron chi connectivity index (χ3n) is 4.21. The van der Waals surface area contributed by atoms with Gasteiger partial charge in [0, 0.05) is 0 Å². The summed E-state index contributed by atoms with van der Waals surface area (Å²) in [6, 6.07) is 0. The second-order valence-electron chi connectivity index (χ2n) is 6.50. The summed E-state index contributed by atoms with van der Waals surface area (Å²) in [5.74, 6) is -2.03. The molecule has 1 aliphatic rings. The van der Waals surface area contributed by atoms with Crippen LogP contribution in [0.5, 0.6) is 0 Å². The lowest BCUT2D eigenvalue weighted by Crippen LogP contribution is -2.52. The van der Waals surface area contributed by atoms with Gasteiger partial charge in [0.1, 0.15) is 0 Å². The molecule has 0 amide bonds. The van der Waals surface area contributed by atoms with Gasteiger partial charge in [0.25, 0.3) is 0 Å². The van der Waals surface area contributed by atoms with Gasteiger partial charge in [-0.2, -0.15) is 0 Å². The van der Waals surface area contributed by atoms with Crippen LogP contribution in [0, 0.1) is 16.2 Å². The molecule has 20 heavy (non-hydrogen) atoms. The Labute approximate surface area is 118 Å². The molecule has 0 aromatic rings. The van der Waals surface area contributed by atoms with Gasteiger partial charge in [-0.1, -0.05) is 0 Å². The van der Waals surface area contributed by atoms with E-state index in [0.29, 0.717) is 0 Å². The highest BCUT2D eigenvalue weighted by Crippen LogP contribution is 2.55. The van der Waals surface area contributed by atoms with E-state index in [0.717, 1.165) is 0 Å². The lowest BCUT2D eigenvalue weighted by molar-refractivity contribution is -0.177. The highest BCUT2D eigenvalue weighted by atomic mass is 16.5. The zero-order valence-electron chi connectivity index (χ0n) is 12.6. The zero-order chi connectivity index (χ0) is 15.8. The molecule has 0 radical (unpaired) electrons. The third-order valence-corrected chi connectivity index (χ3v) is 4.21. The van der Waals surface area contributed by atoms with Gasteiger partial charge in [-0.3, -0.25) is 14.4 Å². The maximum atomic E-state index is 12.0. The number of ether oxygens (including phenoxy) is 2. The molecule has 114 valence electrons. The van der Waals surface area contributed by atoms with Crippen LogP contribution in [0.2, 0.25) is 0 Å². The van der Waals surface area contributed by atoms with Gasteiger partial charge in [-0.25, -0.2) is 0 Å². The minimum Gasteiger partial charge on any atom is -0.481 e. The van der Waals surface area contributed by atoms with Crippen LogP contribution >= 0.6 is 0 Å². The second-order valence-corrected chi connectivity index (χ2v) is 6.50. The Morgan fingerprint density at radius 3 is 1.35 bits per heavy atom. The van der Waals surface area contributed by atoms with Crippen LogP contribution in [0.4, 0.5) is 0 Å². The number of methoxy groups -OCH3 is 2. The van der Waals surface area contributed by atoms with Gasteiger partial charge < -0.3 is 14.6 Å². The first-order valence-corrected chi connectivity index (χ1v) is 6.43. The summed E-state index contributed by atoms with van der Waals surface area (Å²) in [4.78, 5) is 35.6. The normalized spacial score (nSPS) is 37.0. The molecule has 0 bridgehead atoms. The van der Waals surface area contributed by atoms with E-state index in [1.165, 1.54) is 14.2 Å². The number of carboxylic acids is 1. The summed E-state index contributed by atoms with van der Waals surface area (Å²) in [5, 5.41) is 9.47. The Balaban J connectivity index is 3.30. The third kappa shape index (κ3) is 2.64. The van der Waals surface area contributed by atoms with Crippen molar-refractivity contribution >= 4 is 17.9 Å². The summed E-state index contributed by atoms with van der Waals surface area (Å²) >= 11 is 0. The van der Waals surface area contributed by atoms with Gasteiger partial charge in [-0.15, -0.1) is 0 Å². The molecule has 1 fully saturated rings. The SMILES string of the molecule is COC(=O)C1(C)CC(C)(C(=O)O)CC(C)(C(=O)OC)C1. The smallest absolute Gasteiger partial charge is 0.311 e. The van der Waals surface area contributed by atoms with E-state index in [-0.39, 0.29) is 19.3 Å². The fraction of sp³-hybridized carbons (Fsp3) is 0.786. The predicted octanol–water partition coefficient (Wildman–Crippen LogP) is 1.62. The van der Waals surface area contributed by atoms with Crippen molar-refractivity contribution in [1.82, 2.24) is 0 Å². The lowest BCUT2D eigenvalue weighted by atomic mass is 9.54. The van der Waals surface area contributed by atoms with Crippen LogP contribution in [-0.4, -0.2) is 37.2 Å². The van der Waals surface area contributed by atoms with Crippen LogP contribution in [0.3, 0.4) is 0 Å². The van der Waals surface area contributed by atoms with Crippen molar-refractivity contribution in [1.29, 1.82) is 0 Å². The summed E-state index contributed by atoms with van der Waals surface area (Å²) in [5.41, 5.74) is -3.23. The number of rotatable bonds is 3. The minimum absolute atomic E-state index is 0.134. The lowest BCUT2D eigenvalue weighted by Gasteiger charge is -2.48. The van der Waals surface area contributed by atoms with Gasteiger partial charge in [0.05, 0.1) is 30.5 Å². The van der Waals surface area contributed by atoms with Crippen molar-refractivity contribution in [3.05, 3.63) is 0 Å². The van der Waals surface area contributed by atoms with Gasteiger partial charge >= 0.3 is 17.9 Å². The Kier molecular flexibility index (Phi) is 4.17. The Bertz CT molecular complexity index is 413. The van der Waals surface area contributed by atoms with Crippen molar-refractivity contribution < 1.29 is 29.0 Å². The number of carboxylic acid groups (broad SMARTS) is 1. The van der Waals surface area contributed by atoms with E-state index in [4.69, 9.17) is 9.47 Å². The second kappa shape index (κ2) is 5.07. The van der Waals surface area contributed by atoms with E-state index >= 15 is 0 Å². The number of hydrogen-bond acceptors (Lipinski definition) is 5. The Hall–Kier alpha value is -1.59. The predicted molar refractivity (Wildman–Crippen MR) is 69.8 cm³/mol. The first-order chi connectivity index (χ1) is 9.03. The van der Waals surface area contributed by atoms with Crippen molar-refractivity contribution in [2.24, 2.45) is 16.2 Å². The topological polar surface area (TPSA) is 89.9 Å². The molecular weight excluding hydrogens is 264 g/mol. The number of carbonyl (C=O) groups excluding carboxylic acids is 2. The largest absolute Gasteiger partial charge is 0.481 e. The van der Waals surface area contributed by atoms with Gasteiger partial charge in [-0.05, 0) is 40.0 Å². The molecule has 0 aliphatic heterocycles. The van der Waals surface area contributed by atoms with Crippen LogP contribution in [0.15, 0.2) is 0 Å². The van der Waals surface area contributed by atoms with Gasteiger partial charge in [0.15, 0.2) is 0 Å². The van der Waals surface area contributed by atoms with Crippen molar-refractivity contribution in [2.75, 3.05) is 14.2 Å². The molecule has 1 aliphatic carbocycles. The molecule has 1 saturated carbocycles. The molecule has 0 aromatic carbocycles. The van der Waals surface area contributed by atoms with Crippen LogP contribution in [0.1, 0.15) is 40.0 Å². The summed E-state index contributed by atoms with van der Waals surface area (Å²) < 4.78 is 9.58. The molecule has 2 unspecified atom stereocenters. The first kappa shape index (κ1) is 16.5. The van der Waals surface area contributed by atoms with Crippen molar-refractivity contribution in [3.63, 3.8) is 0 Å². The summed E-state index contributed by atoms with van der Waals surface area (Å²) in [6.07, 6.45) is 0.478. The molecule has 0 heterocycles. The highest BCUT2D eigenvalue weighted by molar-refractivity contribution is 5.85. The van der Waals surface area contributed by atoms with Crippen LogP contribution < -0.4 is 0 Å². The van der Waals surface area contributed by atoms with Crippen LogP contribution in [-0.2, 0) is 23.9 Å². The van der Waals surface area contributed by atoms with Gasteiger partial charge in [0.2, 0.25) is 0 Å². The first-order valence-electron chi connectivity index (χ1n) is 6.43. The quantitative estimate of drug-likeness (QED) is 0.793. The molecule has 0 aromatic heterocycles. The number of carbonyl (C=O) groups is 3. The molecular formula is C14H22O6. The fourth-order valence-electron chi connectivity index (χ4n) is 3.70. The van der Waals surface area contributed by atoms with E-state index in [2.05, 4.69) is 0 Å². The van der Waals surface area contributed by atoms with E-state index < -0.39 is 34.2 Å². The maximum absolute atomic E-state index is 12.0. The number of hydrogen-bond donors (Lipinski definition) is 1. The number of esters is 2.